The molecule has 1 radical (unpaired) electrons. The van der Waals surface area contributed by atoms with Crippen molar-refractivity contribution in [3.05, 3.63) is 59.7 Å². The van der Waals surface area contributed by atoms with Crippen molar-refractivity contribution in [2.24, 2.45) is 0 Å². The number of benzene rings is 2. The molecule has 7 heteroatoms. The zero-order valence-electron chi connectivity index (χ0n) is 11.4. The van der Waals surface area contributed by atoms with Crippen LogP contribution in [0.3, 0.4) is 0 Å². The molecule has 1 aliphatic rings. The van der Waals surface area contributed by atoms with E-state index in [1.807, 2.05) is 0 Å². The van der Waals surface area contributed by atoms with Gasteiger partial charge in [0.15, 0.2) is 0 Å². The zero-order valence-corrected chi connectivity index (χ0v) is 11.4. The molecular weight excluding hydrogens is 322 g/mol. The summed E-state index contributed by atoms with van der Waals surface area (Å²) in [5, 5.41) is 0. The van der Waals surface area contributed by atoms with E-state index in [-0.39, 0.29) is 28.9 Å². The fraction of sp³-hybridized carbons (Fsp3) is 0.188. The molecular formula is C16H9F6O. The fourth-order valence-corrected chi connectivity index (χ4v) is 2.52. The molecule has 0 unspecified atom stereocenters. The number of halogens is 6. The first-order valence-electron chi connectivity index (χ1n) is 6.57. The predicted octanol–water partition coefficient (Wildman–Crippen LogP) is 5.49. The molecule has 1 nitrogen and oxygen atoms in total. The second kappa shape index (κ2) is 5.18. The van der Waals surface area contributed by atoms with Crippen molar-refractivity contribution in [2.75, 3.05) is 0 Å². The van der Waals surface area contributed by atoms with Crippen LogP contribution in [-0.2, 0) is 18.8 Å². The lowest BCUT2D eigenvalue weighted by molar-refractivity contribution is -0.137. The summed E-state index contributed by atoms with van der Waals surface area (Å²) in [4.78, 5) is 0. The molecule has 121 valence electrons. The van der Waals surface area contributed by atoms with E-state index in [1.165, 1.54) is 18.7 Å². The smallest absolute Gasteiger partial charge is 0.417 e. The lowest BCUT2D eigenvalue weighted by Crippen LogP contribution is -2.09. The third kappa shape index (κ3) is 2.87. The van der Waals surface area contributed by atoms with Crippen molar-refractivity contribution in [3.63, 3.8) is 0 Å². The molecule has 0 fully saturated rings. The average molecular weight is 331 g/mol. The molecule has 0 saturated carbocycles. The third-order valence-electron chi connectivity index (χ3n) is 3.52. The molecule has 2 aromatic rings. The molecule has 0 aliphatic carbocycles. The average Bonchev–Trinajstić information content (AvgIpc) is 2.92. The van der Waals surface area contributed by atoms with Gasteiger partial charge in [-0.15, -0.1) is 0 Å². The van der Waals surface area contributed by atoms with Crippen LogP contribution < -0.4 is 4.74 Å². The van der Waals surface area contributed by atoms with Crippen LogP contribution in [0.15, 0.2) is 36.4 Å². The minimum Gasteiger partial charge on any atom is -0.485 e. The predicted molar refractivity (Wildman–Crippen MR) is 70.5 cm³/mol. The summed E-state index contributed by atoms with van der Waals surface area (Å²) in [6, 6.07) is 6.10. The monoisotopic (exact) mass is 331 g/mol. The van der Waals surface area contributed by atoms with Crippen LogP contribution in [0.25, 0.3) is 11.1 Å². The summed E-state index contributed by atoms with van der Waals surface area (Å²) >= 11 is 0. The highest BCUT2D eigenvalue weighted by Crippen LogP contribution is 2.46. The first-order valence-corrected chi connectivity index (χ1v) is 6.57. The van der Waals surface area contributed by atoms with Crippen LogP contribution in [0.1, 0.15) is 16.7 Å². The molecule has 0 bridgehead atoms. The van der Waals surface area contributed by atoms with E-state index < -0.39 is 23.5 Å². The van der Waals surface area contributed by atoms with Crippen molar-refractivity contribution in [1.82, 2.24) is 0 Å². The Balaban J connectivity index is 2.28. The quantitative estimate of drug-likeness (QED) is 0.628. The number of fused-ring (bicyclic) bond motifs is 1. The number of hydrogen-bond acceptors (Lipinski definition) is 1. The van der Waals surface area contributed by atoms with Crippen LogP contribution in [0.4, 0.5) is 26.3 Å². The molecule has 0 spiro atoms. The zero-order chi connectivity index (χ0) is 16.8. The SMILES string of the molecule is FC(F)(F)c1cc2c(c(-c3ccccc3C(F)(F)F)c1)O[CH]C2. The topological polar surface area (TPSA) is 9.23 Å². The number of rotatable bonds is 1. The summed E-state index contributed by atoms with van der Waals surface area (Å²) in [6.45, 7) is 1.27. The Morgan fingerprint density at radius 3 is 2.17 bits per heavy atom. The van der Waals surface area contributed by atoms with Crippen molar-refractivity contribution in [1.29, 1.82) is 0 Å². The Bertz CT molecular complexity index is 745. The summed E-state index contributed by atoms with van der Waals surface area (Å²) in [5.41, 5.74) is -2.33. The summed E-state index contributed by atoms with van der Waals surface area (Å²) in [7, 11) is 0. The standard InChI is InChI=1S/C16H9F6O/c17-15(18,19)10-7-9-5-6-23-14(9)12(8-10)11-3-1-2-4-13(11)16(20,21)22/h1-4,6-8H,5H2. The van der Waals surface area contributed by atoms with Crippen molar-refractivity contribution in [3.8, 4) is 16.9 Å². The van der Waals surface area contributed by atoms with Crippen LogP contribution in [-0.4, -0.2) is 0 Å². The molecule has 0 amide bonds. The second-order valence-electron chi connectivity index (χ2n) is 5.04. The van der Waals surface area contributed by atoms with Gasteiger partial charge < -0.3 is 4.74 Å². The number of hydrogen-bond donors (Lipinski definition) is 0. The Morgan fingerprint density at radius 2 is 1.52 bits per heavy atom. The Morgan fingerprint density at radius 1 is 0.826 bits per heavy atom. The highest BCUT2D eigenvalue weighted by atomic mass is 19.4. The minimum absolute atomic E-state index is 0.0368. The summed E-state index contributed by atoms with van der Waals surface area (Å²) in [6.07, 6.45) is -9.22. The molecule has 0 aromatic heterocycles. The first kappa shape index (κ1) is 15.7. The van der Waals surface area contributed by atoms with E-state index in [9.17, 15) is 26.3 Å². The van der Waals surface area contributed by atoms with E-state index in [0.717, 1.165) is 18.2 Å². The molecule has 0 atom stereocenters. The Hall–Kier alpha value is -2.18. The maximum atomic E-state index is 13.1. The van der Waals surface area contributed by atoms with E-state index >= 15 is 0 Å². The first-order chi connectivity index (χ1) is 10.7. The van der Waals surface area contributed by atoms with Gasteiger partial charge in [0.2, 0.25) is 0 Å². The lowest BCUT2D eigenvalue weighted by Gasteiger charge is -2.17. The molecule has 0 N–H and O–H groups in total. The normalized spacial score (nSPS) is 14.5. The van der Waals surface area contributed by atoms with Crippen molar-refractivity contribution in [2.45, 2.75) is 18.8 Å². The van der Waals surface area contributed by atoms with E-state index in [1.54, 1.807) is 0 Å². The fourth-order valence-electron chi connectivity index (χ4n) is 2.52. The molecule has 0 saturated heterocycles. The van der Waals surface area contributed by atoms with Gasteiger partial charge in [-0.1, -0.05) is 18.2 Å². The maximum Gasteiger partial charge on any atom is 0.417 e. The molecule has 1 heterocycles. The van der Waals surface area contributed by atoms with E-state index in [2.05, 4.69) is 0 Å². The van der Waals surface area contributed by atoms with Crippen LogP contribution >= 0.6 is 0 Å². The van der Waals surface area contributed by atoms with E-state index in [0.29, 0.717) is 6.07 Å². The largest absolute Gasteiger partial charge is 0.485 e. The van der Waals surface area contributed by atoms with Gasteiger partial charge in [-0.2, -0.15) is 26.3 Å². The van der Waals surface area contributed by atoms with Gasteiger partial charge in [0.1, 0.15) is 12.4 Å². The maximum absolute atomic E-state index is 13.1. The molecule has 1 aliphatic heterocycles. The molecule has 3 rings (SSSR count). The Kier molecular flexibility index (Phi) is 3.54. The minimum atomic E-state index is -4.68. The van der Waals surface area contributed by atoms with Crippen LogP contribution in [0, 0.1) is 6.61 Å². The number of alkyl halides is 6. The summed E-state index contributed by atoms with van der Waals surface area (Å²) in [5.74, 6) is 0.0368. The van der Waals surface area contributed by atoms with Gasteiger partial charge in [0, 0.05) is 12.0 Å². The number of ether oxygens (including phenoxy) is 1. The van der Waals surface area contributed by atoms with Crippen molar-refractivity contribution < 1.29 is 31.1 Å². The van der Waals surface area contributed by atoms with Gasteiger partial charge >= 0.3 is 12.4 Å². The van der Waals surface area contributed by atoms with Gasteiger partial charge in [-0.3, -0.25) is 0 Å². The highest BCUT2D eigenvalue weighted by Gasteiger charge is 2.37. The van der Waals surface area contributed by atoms with Gasteiger partial charge in [0.05, 0.1) is 11.1 Å². The van der Waals surface area contributed by atoms with Crippen molar-refractivity contribution >= 4 is 0 Å². The van der Waals surface area contributed by atoms with Crippen LogP contribution in [0.5, 0.6) is 5.75 Å². The van der Waals surface area contributed by atoms with Crippen LogP contribution in [0.2, 0.25) is 0 Å². The lowest BCUT2D eigenvalue weighted by atomic mass is 9.94. The summed E-state index contributed by atoms with van der Waals surface area (Å²) < 4.78 is 83.6. The third-order valence-corrected chi connectivity index (χ3v) is 3.52. The van der Waals surface area contributed by atoms with Gasteiger partial charge in [-0.25, -0.2) is 0 Å². The molecule has 2 aromatic carbocycles. The van der Waals surface area contributed by atoms with Gasteiger partial charge in [0.25, 0.3) is 0 Å². The second-order valence-corrected chi connectivity index (χ2v) is 5.04. The Labute approximate surface area is 127 Å². The molecule has 23 heavy (non-hydrogen) atoms. The van der Waals surface area contributed by atoms with Gasteiger partial charge in [-0.05, 0) is 29.3 Å². The van der Waals surface area contributed by atoms with E-state index in [4.69, 9.17) is 4.74 Å². The highest BCUT2D eigenvalue weighted by molar-refractivity contribution is 5.77.